The van der Waals surface area contributed by atoms with E-state index in [2.05, 4.69) is 21.5 Å². The summed E-state index contributed by atoms with van der Waals surface area (Å²) in [5, 5.41) is 0.285. The van der Waals surface area contributed by atoms with Gasteiger partial charge in [0.25, 0.3) is 0 Å². The van der Waals surface area contributed by atoms with E-state index in [1.807, 2.05) is 0 Å². The van der Waals surface area contributed by atoms with Crippen LogP contribution in [0.4, 0.5) is 0 Å². The van der Waals surface area contributed by atoms with Gasteiger partial charge in [0.15, 0.2) is 0 Å². The molecule has 1 saturated heterocycles. The Morgan fingerprint density at radius 1 is 1.48 bits per heavy atom. The normalized spacial score (nSPS) is 20.6. The van der Waals surface area contributed by atoms with Crippen LogP contribution in [0.1, 0.15) is 26.2 Å². The standard InChI is InChI=1S/C14H22ClN3O2S/c1-12-4-2-8-18(11-12)9-3-7-17-21(19,20)13-5-6-14(15)16-10-13/h5-6,10,12,17H,2-4,7-9,11H2,1H3. The summed E-state index contributed by atoms with van der Waals surface area (Å²) < 4.78 is 26.7. The molecule has 118 valence electrons. The number of hydrogen-bond donors (Lipinski definition) is 1. The molecule has 0 spiro atoms. The monoisotopic (exact) mass is 331 g/mol. The summed E-state index contributed by atoms with van der Waals surface area (Å²) >= 11 is 5.65. The number of nitrogens with one attached hydrogen (secondary N) is 1. The highest BCUT2D eigenvalue weighted by Gasteiger charge is 2.17. The molecule has 0 amide bonds. The average molecular weight is 332 g/mol. The minimum absolute atomic E-state index is 0.151. The maximum atomic E-state index is 12.0. The van der Waals surface area contributed by atoms with Crippen molar-refractivity contribution in [3.8, 4) is 0 Å². The molecule has 0 aliphatic carbocycles. The smallest absolute Gasteiger partial charge is 0.242 e. The maximum Gasteiger partial charge on any atom is 0.242 e. The van der Waals surface area contributed by atoms with Gasteiger partial charge in [0.05, 0.1) is 0 Å². The lowest BCUT2D eigenvalue weighted by molar-refractivity contribution is 0.182. The van der Waals surface area contributed by atoms with E-state index in [0.29, 0.717) is 6.54 Å². The first-order valence-corrected chi connectivity index (χ1v) is 9.17. The highest BCUT2D eigenvalue weighted by molar-refractivity contribution is 7.89. The number of likely N-dealkylation sites (tertiary alicyclic amines) is 1. The summed E-state index contributed by atoms with van der Waals surface area (Å²) in [6.45, 7) is 5.88. The van der Waals surface area contributed by atoms with Gasteiger partial charge in [-0.25, -0.2) is 18.1 Å². The lowest BCUT2D eigenvalue weighted by Gasteiger charge is -2.30. The van der Waals surface area contributed by atoms with Crippen molar-refractivity contribution in [2.75, 3.05) is 26.2 Å². The first kappa shape index (κ1) is 16.7. The second-order valence-corrected chi connectivity index (χ2v) is 7.77. The summed E-state index contributed by atoms with van der Waals surface area (Å²) in [7, 11) is -3.48. The van der Waals surface area contributed by atoms with Crippen LogP contribution >= 0.6 is 11.6 Å². The van der Waals surface area contributed by atoms with Crippen molar-refractivity contribution >= 4 is 21.6 Å². The summed E-state index contributed by atoms with van der Waals surface area (Å²) in [6.07, 6.45) is 4.62. The van der Waals surface area contributed by atoms with Crippen molar-refractivity contribution in [3.63, 3.8) is 0 Å². The van der Waals surface area contributed by atoms with E-state index in [1.54, 1.807) is 0 Å². The van der Waals surface area contributed by atoms with Gasteiger partial charge in [0.1, 0.15) is 10.0 Å². The summed E-state index contributed by atoms with van der Waals surface area (Å²) in [5.41, 5.74) is 0. The SMILES string of the molecule is CC1CCCN(CCCNS(=O)(=O)c2ccc(Cl)nc2)C1. The first-order chi connectivity index (χ1) is 9.97. The van der Waals surface area contributed by atoms with Crippen LogP contribution in [-0.2, 0) is 10.0 Å². The van der Waals surface area contributed by atoms with E-state index in [0.717, 1.165) is 32.0 Å². The Bertz CT molecular complexity index is 548. The molecule has 0 saturated carbocycles. The molecule has 5 nitrogen and oxygen atoms in total. The molecular formula is C14H22ClN3O2S. The number of halogens is 1. The summed E-state index contributed by atoms with van der Waals surface area (Å²) in [6, 6.07) is 2.94. The van der Waals surface area contributed by atoms with E-state index >= 15 is 0 Å². The second kappa shape index (κ2) is 7.54. The largest absolute Gasteiger partial charge is 0.303 e. The van der Waals surface area contributed by atoms with Crippen LogP contribution in [0, 0.1) is 5.92 Å². The lowest BCUT2D eigenvalue weighted by Crippen LogP contribution is -2.36. The molecule has 1 aromatic heterocycles. The first-order valence-electron chi connectivity index (χ1n) is 7.31. The zero-order valence-corrected chi connectivity index (χ0v) is 13.8. The van der Waals surface area contributed by atoms with Gasteiger partial charge in [-0.2, -0.15) is 0 Å². The van der Waals surface area contributed by atoms with Crippen molar-refractivity contribution < 1.29 is 8.42 Å². The minimum atomic E-state index is -3.48. The third-order valence-electron chi connectivity index (χ3n) is 3.69. The van der Waals surface area contributed by atoms with Crippen LogP contribution in [0.5, 0.6) is 0 Å². The van der Waals surface area contributed by atoms with Crippen LogP contribution in [0.15, 0.2) is 23.2 Å². The Hall–Kier alpha value is -0.690. The summed E-state index contributed by atoms with van der Waals surface area (Å²) in [4.78, 5) is 6.35. The Labute approximate surface area is 131 Å². The minimum Gasteiger partial charge on any atom is -0.303 e. The molecule has 1 aliphatic rings. The topological polar surface area (TPSA) is 62.3 Å². The van der Waals surface area contributed by atoms with Crippen molar-refractivity contribution in [2.24, 2.45) is 5.92 Å². The zero-order valence-electron chi connectivity index (χ0n) is 12.3. The van der Waals surface area contributed by atoms with Crippen LogP contribution < -0.4 is 4.72 Å². The third kappa shape index (κ3) is 5.21. The van der Waals surface area contributed by atoms with E-state index in [9.17, 15) is 8.42 Å². The Balaban J connectivity index is 1.76. The molecular weight excluding hydrogens is 310 g/mol. The Kier molecular flexibility index (Phi) is 5.98. The van der Waals surface area contributed by atoms with Gasteiger partial charge in [-0.3, -0.25) is 0 Å². The highest BCUT2D eigenvalue weighted by Crippen LogP contribution is 2.15. The molecule has 0 radical (unpaired) electrons. The molecule has 2 rings (SSSR count). The maximum absolute atomic E-state index is 12.0. The zero-order chi connectivity index (χ0) is 15.3. The van der Waals surface area contributed by atoms with Crippen LogP contribution in [0.3, 0.4) is 0 Å². The number of pyridine rings is 1. The van der Waals surface area contributed by atoms with Gasteiger partial charge in [0, 0.05) is 19.3 Å². The number of rotatable bonds is 6. The molecule has 2 heterocycles. The van der Waals surface area contributed by atoms with E-state index in [4.69, 9.17) is 11.6 Å². The van der Waals surface area contributed by atoms with Gasteiger partial charge in [0.2, 0.25) is 10.0 Å². The van der Waals surface area contributed by atoms with Gasteiger partial charge < -0.3 is 4.90 Å². The number of hydrogen-bond acceptors (Lipinski definition) is 4. The van der Waals surface area contributed by atoms with Crippen LogP contribution in [0.25, 0.3) is 0 Å². The fourth-order valence-corrected chi connectivity index (χ4v) is 3.73. The van der Waals surface area contributed by atoms with E-state index in [-0.39, 0.29) is 10.0 Å². The number of aromatic nitrogens is 1. The van der Waals surface area contributed by atoms with E-state index in [1.165, 1.54) is 31.2 Å². The van der Waals surface area contributed by atoms with Gasteiger partial charge in [-0.15, -0.1) is 0 Å². The lowest BCUT2D eigenvalue weighted by atomic mass is 10.0. The Morgan fingerprint density at radius 2 is 2.29 bits per heavy atom. The Morgan fingerprint density at radius 3 is 2.95 bits per heavy atom. The number of sulfonamides is 1. The van der Waals surface area contributed by atoms with Gasteiger partial charge in [-0.1, -0.05) is 18.5 Å². The fraction of sp³-hybridized carbons (Fsp3) is 0.643. The quantitative estimate of drug-likeness (QED) is 0.641. The molecule has 1 fully saturated rings. The predicted octanol–water partition coefficient (Wildman–Crippen LogP) is 2.14. The number of nitrogens with zero attached hydrogens (tertiary/aromatic N) is 2. The van der Waals surface area contributed by atoms with Crippen LogP contribution in [-0.4, -0.2) is 44.5 Å². The third-order valence-corrected chi connectivity index (χ3v) is 5.36. The van der Waals surface area contributed by atoms with Crippen molar-refractivity contribution in [1.82, 2.24) is 14.6 Å². The molecule has 0 aromatic carbocycles. The number of piperidine rings is 1. The molecule has 1 atom stereocenters. The van der Waals surface area contributed by atoms with Crippen molar-refractivity contribution in [3.05, 3.63) is 23.5 Å². The van der Waals surface area contributed by atoms with Crippen molar-refractivity contribution in [1.29, 1.82) is 0 Å². The molecule has 1 aliphatic heterocycles. The van der Waals surface area contributed by atoms with Crippen molar-refractivity contribution in [2.45, 2.75) is 31.1 Å². The molecule has 1 aromatic rings. The highest BCUT2D eigenvalue weighted by atomic mass is 35.5. The predicted molar refractivity (Wildman–Crippen MR) is 83.9 cm³/mol. The van der Waals surface area contributed by atoms with Gasteiger partial charge in [-0.05, 0) is 50.4 Å². The molecule has 21 heavy (non-hydrogen) atoms. The molecule has 1 N–H and O–H groups in total. The molecule has 7 heteroatoms. The molecule has 1 unspecified atom stereocenters. The summed E-state index contributed by atoms with van der Waals surface area (Å²) in [5.74, 6) is 0.746. The van der Waals surface area contributed by atoms with E-state index < -0.39 is 10.0 Å². The fourth-order valence-electron chi connectivity index (χ4n) is 2.60. The second-order valence-electron chi connectivity index (χ2n) is 5.62. The molecule has 0 bridgehead atoms. The van der Waals surface area contributed by atoms with Gasteiger partial charge >= 0.3 is 0 Å². The van der Waals surface area contributed by atoms with Crippen LogP contribution in [0.2, 0.25) is 5.15 Å². The average Bonchev–Trinajstić information content (AvgIpc) is 2.44.